The van der Waals surface area contributed by atoms with Gasteiger partial charge >= 0.3 is 0 Å². The molecule has 0 radical (unpaired) electrons. The lowest BCUT2D eigenvalue weighted by Crippen LogP contribution is -2.21. The topological polar surface area (TPSA) is 68.5 Å². The molecule has 6 heteroatoms. The van der Waals surface area contributed by atoms with Crippen LogP contribution in [-0.2, 0) is 0 Å². The Balaban J connectivity index is 1.66. The van der Waals surface area contributed by atoms with Gasteiger partial charge < -0.3 is 14.5 Å². The van der Waals surface area contributed by atoms with Crippen molar-refractivity contribution in [2.24, 2.45) is 0 Å². The molecule has 0 spiro atoms. The largest absolute Gasteiger partial charge is 0.494 e. The highest BCUT2D eigenvalue weighted by Gasteiger charge is 2.35. The third-order valence-electron chi connectivity index (χ3n) is 4.89. The van der Waals surface area contributed by atoms with E-state index in [1.54, 1.807) is 18.2 Å². The number of carbonyl (C=O) groups excluding carboxylic acids is 1. The Morgan fingerprint density at radius 2 is 1.89 bits per heavy atom. The molecule has 144 valence electrons. The van der Waals surface area contributed by atoms with Crippen LogP contribution in [-0.4, -0.2) is 12.5 Å². The van der Waals surface area contributed by atoms with Gasteiger partial charge in [0.15, 0.2) is 5.43 Å². The van der Waals surface area contributed by atoms with Gasteiger partial charge in [-0.05, 0) is 42.3 Å². The molecule has 1 N–H and O–H groups in total. The van der Waals surface area contributed by atoms with Crippen LogP contribution in [0.25, 0.3) is 11.0 Å². The molecule has 1 atom stereocenters. The molecule has 0 fully saturated rings. The summed E-state index contributed by atoms with van der Waals surface area (Å²) in [6.45, 7) is 2.82. The van der Waals surface area contributed by atoms with Crippen molar-refractivity contribution in [1.29, 1.82) is 0 Å². The molecule has 3 aromatic rings. The predicted octanol–water partition coefficient (Wildman–Crippen LogP) is 4.85. The third kappa shape index (κ3) is 3.38. The Hall–Kier alpha value is -2.79. The number of hydrogen-bond donors (Lipinski definition) is 1. The van der Waals surface area contributed by atoms with Crippen molar-refractivity contribution in [1.82, 2.24) is 5.32 Å². The Bertz CT molecular complexity index is 1090. The maximum Gasteiger partial charge on any atom is 0.288 e. The number of fused-ring (bicyclic) bond motifs is 2. The first kappa shape index (κ1) is 18.6. The van der Waals surface area contributed by atoms with Gasteiger partial charge in [-0.25, -0.2) is 0 Å². The molecule has 28 heavy (non-hydrogen) atoms. The quantitative estimate of drug-likeness (QED) is 0.604. The number of hydrogen-bond acceptors (Lipinski definition) is 4. The normalized spacial score (nSPS) is 15.5. The highest BCUT2D eigenvalue weighted by Crippen LogP contribution is 2.32. The molecule has 1 unspecified atom stereocenters. The molecular weight excluding hydrogens is 378 g/mol. The highest BCUT2D eigenvalue weighted by molar-refractivity contribution is 6.31. The van der Waals surface area contributed by atoms with E-state index in [0.29, 0.717) is 28.2 Å². The maximum absolute atomic E-state index is 13.0. The van der Waals surface area contributed by atoms with Crippen LogP contribution in [0, 0.1) is 0 Å². The van der Waals surface area contributed by atoms with E-state index in [2.05, 4.69) is 12.2 Å². The van der Waals surface area contributed by atoms with E-state index in [1.807, 2.05) is 24.3 Å². The minimum Gasteiger partial charge on any atom is -0.494 e. The van der Waals surface area contributed by atoms with Crippen LogP contribution in [0.3, 0.4) is 0 Å². The van der Waals surface area contributed by atoms with Gasteiger partial charge in [0.1, 0.15) is 11.3 Å². The number of rotatable bonds is 6. The molecule has 1 aliphatic rings. The van der Waals surface area contributed by atoms with Crippen molar-refractivity contribution in [3.8, 4) is 5.75 Å². The fourth-order valence-corrected chi connectivity index (χ4v) is 3.60. The number of amides is 1. The maximum atomic E-state index is 13.0. The molecule has 5 nitrogen and oxygen atoms in total. The average Bonchev–Trinajstić information content (AvgIpc) is 3.03. The second-order valence-electron chi connectivity index (χ2n) is 6.85. The summed E-state index contributed by atoms with van der Waals surface area (Å²) in [5.41, 5.74) is 1.21. The zero-order chi connectivity index (χ0) is 19.7. The lowest BCUT2D eigenvalue weighted by atomic mass is 9.99. The Kier molecular flexibility index (Phi) is 5.09. The van der Waals surface area contributed by atoms with E-state index >= 15 is 0 Å². The van der Waals surface area contributed by atoms with Crippen molar-refractivity contribution in [2.75, 3.05) is 6.61 Å². The van der Waals surface area contributed by atoms with Crippen LogP contribution in [0.1, 0.15) is 53.9 Å². The minimum absolute atomic E-state index is 0.0599. The molecule has 1 aromatic heterocycles. The van der Waals surface area contributed by atoms with E-state index in [4.69, 9.17) is 20.8 Å². The average molecular weight is 398 g/mol. The highest BCUT2D eigenvalue weighted by atomic mass is 35.5. The Morgan fingerprint density at radius 3 is 2.64 bits per heavy atom. The number of unbranched alkanes of at least 4 members (excludes halogenated alkanes) is 2. The number of nitrogens with one attached hydrogen (secondary N) is 1. The zero-order valence-electron chi connectivity index (χ0n) is 15.5. The molecule has 2 aromatic carbocycles. The second kappa shape index (κ2) is 7.68. The lowest BCUT2D eigenvalue weighted by molar-refractivity contribution is 0.0938. The van der Waals surface area contributed by atoms with Gasteiger partial charge in [0.25, 0.3) is 5.91 Å². The molecule has 0 aliphatic carbocycles. The summed E-state index contributed by atoms with van der Waals surface area (Å²) in [4.78, 5) is 25.4. The molecule has 0 bridgehead atoms. The van der Waals surface area contributed by atoms with Gasteiger partial charge in [-0.2, -0.15) is 0 Å². The summed E-state index contributed by atoms with van der Waals surface area (Å²) in [6, 6.07) is 11.7. The van der Waals surface area contributed by atoms with E-state index < -0.39 is 11.9 Å². The van der Waals surface area contributed by atoms with Crippen LogP contribution in [0.15, 0.2) is 51.7 Å². The van der Waals surface area contributed by atoms with Gasteiger partial charge in [0.05, 0.1) is 23.6 Å². The molecule has 4 rings (SSSR count). The van der Waals surface area contributed by atoms with Crippen LogP contribution >= 0.6 is 11.6 Å². The smallest absolute Gasteiger partial charge is 0.288 e. The van der Waals surface area contributed by atoms with Crippen molar-refractivity contribution < 1.29 is 13.9 Å². The Morgan fingerprint density at radius 1 is 1.11 bits per heavy atom. The van der Waals surface area contributed by atoms with E-state index in [1.165, 1.54) is 0 Å². The summed E-state index contributed by atoms with van der Waals surface area (Å²) in [7, 11) is 0. The van der Waals surface area contributed by atoms with E-state index in [-0.39, 0.29) is 11.2 Å². The summed E-state index contributed by atoms with van der Waals surface area (Å²) < 4.78 is 11.4. The molecule has 0 saturated heterocycles. The molecule has 0 saturated carbocycles. The fraction of sp³-hybridized carbons (Fsp3) is 0.273. The molecular formula is C22H20ClNO4. The summed E-state index contributed by atoms with van der Waals surface area (Å²) in [6.07, 6.45) is 3.29. The van der Waals surface area contributed by atoms with Crippen molar-refractivity contribution in [3.05, 3.63) is 74.6 Å². The van der Waals surface area contributed by atoms with Crippen molar-refractivity contribution in [3.63, 3.8) is 0 Å². The third-order valence-corrected chi connectivity index (χ3v) is 5.12. The van der Waals surface area contributed by atoms with Crippen LogP contribution in [0.5, 0.6) is 5.75 Å². The van der Waals surface area contributed by atoms with Gasteiger partial charge in [-0.1, -0.05) is 43.5 Å². The lowest BCUT2D eigenvalue weighted by Gasteiger charge is -2.13. The van der Waals surface area contributed by atoms with Crippen LogP contribution in [0.4, 0.5) is 0 Å². The summed E-state index contributed by atoms with van der Waals surface area (Å²) in [5, 5.41) is 3.65. The molecule has 1 amide bonds. The van der Waals surface area contributed by atoms with Gasteiger partial charge in [0.2, 0.25) is 5.76 Å². The second-order valence-corrected chi connectivity index (χ2v) is 7.28. The van der Waals surface area contributed by atoms with E-state index in [9.17, 15) is 9.59 Å². The predicted molar refractivity (Wildman–Crippen MR) is 108 cm³/mol. The first-order valence-corrected chi connectivity index (χ1v) is 9.76. The van der Waals surface area contributed by atoms with Gasteiger partial charge in [0, 0.05) is 5.02 Å². The monoisotopic (exact) mass is 397 g/mol. The standard InChI is InChI=1S/C22H20ClNO4/c1-2-3-4-11-27-15-8-5-13(6-9-15)19-18-20(25)16-12-14(23)7-10-17(16)28-21(18)22(26)24-19/h5-10,12,19H,2-4,11H2,1H3,(H,24,26). The van der Waals surface area contributed by atoms with E-state index in [0.717, 1.165) is 30.6 Å². The Labute approximate surface area is 167 Å². The SMILES string of the molecule is CCCCCOc1ccc(C2NC(=O)c3oc4ccc(Cl)cc4c(=O)c32)cc1. The number of halogens is 1. The minimum atomic E-state index is -0.559. The zero-order valence-corrected chi connectivity index (χ0v) is 16.2. The fourth-order valence-electron chi connectivity index (χ4n) is 3.43. The van der Waals surface area contributed by atoms with Crippen LogP contribution in [0.2, 0.25) is 5.02 Å². The first-order chi connectivity index (χ1) is 13.6. The summed E-state index contributed by atoms with van der Waals surface area (Å²) >= 11 is 6.03. The van der Waals surface area contributed by atoms with Crippen molar-refractivity contribution in [2.45, 2.75) is 32.2 Å². The number of ether oxygens (including phenoxy) is 1. The van der Waals surface area contributed by atoms with Gasteiger partial charge in [-0.15, -0.1) is 0 Å². The molecule has 2 heterocycles. The molecule has 1 aliphatic heterocycles. The number of carbonyl (C=O) groups is 1. The van der Waals surface area contributed by atoms with Crippen LogP contribution < -0.4 is 15.5 Å². The first-order valence-electron chi connectivity index (χ1n) is 9.38. The number of benzene rings is 2. The van der Waals surface area contributed by atoms with Gasteiger partial charge in [-0.3, -0.25) is 9.59 Å². The summed E-state index contributed by atoms with van der Waals surface area (Å²) in [5.74, 6) is 0.431. The van der Waals surface area contributed by atoms with Crippen molar-refractivity contribution >= 4 is 28.5 Å².